The molecule has 0 saturated carbocycles. The number of nitrogens with zero attached hydrogens (tertiary/aromatic N) is 1. The van der Waals surface area contributed by atoms with Crippen LogP contribution in [-0.4, -0.2) is 11.3 Å². The number of rotatable bonds is 2. The fourth-order valence-corrected chi connectivity index (χ4v) is 1.81. The predicted octanol–water partition coefficient (Wildman–Crippen LogP) is 3.59. The summed E-state index contributed by atoms with van der Waals surface area (Å²) in [6, 6.07) is 7.64. The summed E-state index contributed by atoms with van der Waals surface area (Å²) in [6.07, 6.45) is 3.49. The van der Waals surface area contributed by atoms with E-state index in [0.29, 0.717) is 0 Å². The Hall–Kier alpha value is -0.730. The van der Waals surface area contributed by atoms with Gasteiger partial charge in [0.15, 0.2) is 0 Å². The van der Waals surface area contributed by atoms with Gasteiger partial charge >= 0.3 is 0 Å². The van der Waals surface area contributed by atoms with E-state index in [1.807, 2.05) is 30.5 Å². The predicted molar refractivity (Wildman–Crippen MR) is 61.7 cm³/mol. The highest BCUT2D eigenvalue weighted by Gasteiger charge is 2.04. The lowest BCUT2D eigenvalue weighted by molar-refractivity contribution is 1.57. The molecule has 0 heterocycles. The summed E-state index contributed by atoms with van der Waals surface area (Å²) in [4.78, 5) is 4.13. The zero-order chi connectivity index (χ0) is 9.68. The summed E-state index contributed by atoms with van der Waals surface area (Å²) in [6.45, 7) is 3.56. The van der Waals surface area contributed by atoms with Crippen LogP contribution in [0.3, 0.4) is 0 Å². The molecule has 68 valence electrons. The number of thioether (sulfide) groups is 1. The number of hydrogen-bond donors (Lipinski definition) is 0. The van der Waals surface area contributed by atoms with E-state index in [1.165, 1.54) is 6.20 Å². The second kappa shape index (κ2) is 5.10. The Balaban J connectivity index is 3.12. The molecule has 13 heavy (non-hydrogen) atoms. The molecule has 1 aromatic rings. The van der Waals surface area contributed by atoms with Gasteiger partial charge in [0.05, 0.1) is 5.02 Å². The van der Waals surface area contributed by atoms with E-state index in [-0.39, 0.29) is 0 Å². The van der Waals surface area contributed by atoms with Crippen LogP contribution in [-0.2, 0) is 0 Å². The van der Waals surface area contributed by atoms with Gasteiger partial charge < -0.3 is 0 Å². The van der Waals surface area contributed by atoms with Gasteiger partial charge in [-0.15, -0.1) is 11.8 Å². The minimum atomic E-state index is 0.720. The maximum absolute atomic E-state index is 6.01. The molecule has 3 heteroatoms. The quantitative estimate of drug-likeness (QED) is 0.538. The first kappa shape index (κ1) is 10.4. The van der Waals surface area contributed by atoms with Crippen LogP contribution in [0.5, 0.6) is 0 Å². The highest BCUT2D eigenvalue weighted by atomic mass is 35.5. The number of benzene rings is 1. The second-order valence-electron chi connectivity index (χ2n) is 2.30. The second-order valence-corrected chi connectivity index (χ2v) is 3.50. The van der Waals surface area contributed by atoms with Crippen molar-refractivity contribution in [1.82, 2.24) is 0 Å². The van der Waals surface area contributed by atoms with Crippen LogP contribution >= 0.6 is 23.4 Å². The van der Waals surface area contributed by atoms with E-state index in [1.54, 1.807) is 11.8 Å². The lowest BCUT2D eigenvalue weighted by Gasteiger charge is -2.03. The van der Waals surface area contributed by atoms with E-state index in [0.717, 1.165) is 15.6 Å². The molecule has 0 spiro atoms. The molecule has 0 unspecified atom stereocenters. The molecule has 0 amide bonds. The third-order valence-corrected chi connectivity index (χ3v) is 2.55. The average molecular weight is 212 g/mol. The molecule has 1 aromatic carbocycles. The van der Waals surface area contributed by atoms with E-state index in [4.69, 9.17) is 11.6 Å². The van der Waals surface area contributed by atoms with Crippen LogP contribution < -0.4 is 0 Å². The molecule has 1 nitrogen and oxygen atoms in total. The maximum atomic E-state index is 6.01. The Morgan fingerprint density at radius 2 is 2.23 bits per heavy atom. The van der Waals surface area contributed by atoms with Crippen molar-refractivity contribution in [3.63, 3.8) is 0 Å². The summed E-state index contributed by atoms with van der Waals surface area (Å²) in [7, 11) is 0. The van der Waals surface area contributed by atoms with Crippen molar-refractivity contribution in [3.05, 3.63) is 47.6 Å². The van der Waals surface area contributed by atoms with Crippen molar-refractivity contribution in [3.8, 4) is 0 Å². The van der Waals surface area contributed by atoms with Crippen LogP contribution in [0.4, 0.5) is 0 Å². The first-order valence-corrected chi connectivity index (χ1v) is 5.37. The van der Waals surface area contributed by atoms with Gasteiger partial charge in [-0.3, -0.25) is 0 Å². The summed E-state index contributed by atoms with van der Waals surface area (Å²) in [5.74, 6) is 0. The average Bonchev–Trinajstić information content (AvgIpc) is 2.16. The minimum absolute atomic E-state index is 0.720. The highest BCUT2D eigenvalue weighted by Crippen LogP contribution is 2.20. The van der Waals surface area contributed by atoms with Crippen LogP contribution in [0.15, 0.2) is 42.0 Å². The van der Waals surface area contributed by atoms with Gasteiger partial charge in [-0.1, -0.05) is 36.4 Å². The van der Waals surface area contributed by atoms with Crippen molar-refractivity contribution >= 4 is 28.4 Å². The number of aliphatic imine (C=N–C) groups is 1. The fourth-order valence-electron chi connectivity index (χ4n) is 0.950. The highest BCUT2D eigenvalue weighted by molar-refractivity contribution is 8.13. The Kier molecular flexibility index (Phi) is 4.06. The van der Waals surface area contributed by atoms with E-state index in [2.05, 4.69) is 11.6 Å². The van der Waals surface area contributed by atoms with Crippen LogP contribution in [0.2, 0.25) is 5.02 Å². The van der Waals surface area contributed by atoms with Crippen molar-refractivity contribution in [1.29, 1.82) is 0 Å². The Bertz CT molecular complexity index is 333. The maximum Gasteiger partial charge on any atom is 0.104 e. The summed E-state index contributed by atoms with van der Waals surface area (Å²) < 4.78 is 0. The summed E-state index contributed by atoms with van der Waals surface area (Å²) in [5, 5.41) is 1.61. The molecular weight excluding hydrogens is 202 g/mol. The third kappa shape index (κ3) is 2.61. The normalized spacial score (nSPS) is 11.4. The fraction of sp³-hybridized carbons (Fsp3) is 0.100. The molecule has 0 aliphatic heterocycles. The van der Waals surface area contributed by atoms with Crippen molar-refractivity contribution in [2.24, 2.45) is 4.99 Å². The molecule has 0 aliphatic carbocycles. The van der Waals surface area contributed by atoms with Crippen molar-refractivity contribution < 1.29 is 0 Å². The molecular formula is C10H10ClNS. The molecule has 0 aromatic heterocycles. The van der Waals surface area contributed by atoms with Crippen molar-refractivity contribution in [2.75, 3.05) is 6.26 Å². The van der Waals surface area contributed by atoms with E-state index >= 15 is 0 Å². The molecule has 0 fully saturated rings. The van der Waals surface area contributed by atoms with Crippen molar-refractivity contribution in [2.45, 2.75) is 0 Å². The Morgan fingerprint density at radius 1 is 1.54 bits per heavy atom. The third-order valence-electron chi connectivity index (χ3n) is 1.51. The first-order valence-electron chi connectivity index (χ1n) is 3.77. The summed E-state index contributed by atoms with van der Waals surface area (Å²) in [5.41, 5.74) is 0.955. The molecule has 0 aliphatic rings. The van der Waals surface area contributed by atoms with Crippen LogP contribution in [0.25, 0.3) is 0 Å². The van der Waals surface area contributed by atoms with Gasteiger partial charge in [0.2, 0.25) is 0 Å². The molecule has 1 rings (SSSR count). The SMILES string of the molecule is C=C/N=C(\SC)c1ccccc1Cl. The van der Waals surface area contributed by atoms with Gasteiger partial charge in [0, 0.05) is 11.8 Å². The molecule has 0 atom stereocenters. The van der Waals surface area contributed by atoms with Gasteiger partial charge in [-0.25, -0.2) is 4.99 Å². The van der Waals surface area contributed by atoms with Gasteiger partial charge in [0.1, 0.15) is 5.04 Å². The smallest absolute Gasteiger partial charge is 0.104 e. The lowest BCUT2D eigenvalue weighted by Crippen LogP contribution is -1.94. The Morgan fingerprint density at radius 3 is 2.77 bits per heavy atom. The number of halogens is 1. The summed E-state index contributed by atoms with van der Waals surface area (Å²) >= 11 is 7.56. The van der Waals surface area contributed by atoms with E-state index < -0.39 is 0 Å². The monoisotopic (exact) mass is 211 g/mol. The standard InChI is InChI=1S/C10H10ClNS/c1-3-12-10(13-2)8-6-4-5-7-9(8)11/h3-7H,1H2,2H3/b12-10-. The number of hydrogen-bond acceptors (Lipinski definition) is 2. The van der Waals surface area contributed by atoms with Gasteiger partial charge in [0.25, 0.3) is 0 Å². The van der Waals surface area contributed by atoms with Gasteiger partial charge in [-0.05, 0) is 12.3 Å². The van der Waals surface area contributed by atoms with Gasteiger partial charge in [-0.2, -0.15) is 0 Å². The zero-order valence-corrected chi connectivity index (χ0v) is 8.90. The topological polar surface area (TPSA) is 12.4 Å². The van der Waals surface area contributed by atoms with E-state index in [9.17, 15) is 0 Å². The van der Waals surface area contributed by atoms with Crippen LogP contribution in [0, 0.1) is 0 Å². The Labute approximate surface area is 87.5 Å². The largest absolute Gasteiger partial charge is 0.250 e. The minimum Gasteiger partial charge on any atom is -0.250 e. The zero-order valence-electron chi connectivity index (χ0n) is 7.33. The lowest BCUT2D eigenvalue weighted by atomic mass is 10.2. The molecule has 0 saturated heterocycles. The van der Waals surface area contributed by atoms with Crippen LogP contribution in [0.1, 0.15) is 5.56 Å². The molecule has 0 radical (unpaired) electrons. The molecule has 0 N–H and O–H groups in total. The molecule has 0 bridgehead atoms. The first-order chi connectivity index (χ1) is 6.29.